The maximum Gasteiger partial charge on any atom is 0.00960 e. The van der Waals surface area contributed by atoms with Crippen molar-refractivity contribution in [3.8, 4) is 0 Å². The van der Waals surface area contributed by atoms with Gasteiger partial charge in [-0.3, -0.25) is 0 Å². The van der Waals surface area contributed by atoms with Crippen molar-refractivity contribution in [1.82, 2.24) is 0 Å². The highest BCUT2D eigenvalue weighted by Crippen LogP contribution is 2.70. The predicted molar refractivity (Wildman–Crippen MR) is 86.6 cm³/mol. The van der Waals surface area contributed by atoms with Gasteiger partial charge in [0.15, 0.2) is 0 Å². The minimum absolute atomic E-state index is 0.474. The molecule has 3 unspecified atom stereocenters. The topological polar surface area (TPSA) is 26.0 Å². The van der Waals surface area contributed by atoms with Crippen molar-refractivity contribution in [2.75, 3.05) is 0 Å². The van der Waals surface area contributed by atoms with Gasteiger partial charge in [-0.15, -0.1) is 0 Å². The van der Waals surface area contributed by atoms with Crippen LogP contribution >= 0.6 is 0 Å². The van der Waals surface area contributed by atoms with Crippen LogP contribution in [0.4, 0.5) is 0 Å². The standard InChI is InChI=1S/C19H35N/c1-4-5-6-7-8-16(20)19-11-15-9-17(2,13-19)12-18(3,10-15)14-19/h15-16H,4-14,20H2,1-3H3. The van der Waals surface area contributed by atoms with Gasteiger partial charge >= 0.3 is 0 Å². The number of nitrogens with two attached hydrogens (primary N) is 1. The molecule has 0 radical (unpaired) electrons. The summed E-state index contributed by atoms with van der Waals surface area (Å²) < 4.78 is 0. The van der Waals surface area contributed by atoms with E-state index in [4.69, 9.17) is 5.73 Å². The van der Waals surface area contributed by atoms with Crippen molar-refractivity contribution < 1.29 is 0 Å². The first-order valence-corrected chi connectivity index (χ1v) is 9.14. The van der Waals surface area contributed by atoms with E-state index in [1.54, 1.807) is 0 Å². The van der Waals surface area contributed by atoms with E-state index in [0.717, 1.165) is 5.92 Å². The van der Waals surface area contributed by atoms with Gasteiger partial charge in [-0.2, -0.15) is 0 Å². The van der Waals surface area contributed by atoms with E-state index in [0.29, 0.717) is 22.3 Å². The summed E-state index contributed by atoms with van der Waals surface area (Å²) in [6, 6.07) is 0.474. The SMILES string of the molecule is CCCCCCC(N)C12CC3CC(C)(CC(C)(C3)C1)C2. The lowest BCUT2D eigenvalue weighted by Crippen LogP contribution is -2.60. The molecule has 0 amide bonds. The fraction of sp³-hybridized carbons (Fsp3) is 1.00. The fourth-order valence-corrected chi connectivity index (χ4v) is 7.05. The van der Waals surface area contributed by atoms with Crippen LogP contribution in [0.1, 0.15) is 91.4 Å². The minimum Gasteiger partial charge on any atom is -0.327 e. The minimum atomic E-state index is 0.474. The second-order valence-corrected chi connectivity index (χ2v) is 9.45. The molecule has 0 aromatic heterocycles. The molecule has 0 aliphatic heterocycles. The first-order chi connectivity index (χ1) is 9.39. The van der Waals surface area contributed by atoms with Gasteiger partial charge in [0.25, 0.3) is 0 Å². The van der Waals surface area contributed by atoms with Crippen LogP contribution in [0.3, 0.4) is 0 Å². The zero-order valence-electron chi connectivity index (χ0n) is 14.0. The van der Waals surface area contributed by atoms with Crippen molar-refractivity contribution in [2.24, 2.45) is 27.9 Å². The Morgan fingerprint density at radius 3 is 2.15 bits per heavy atom. The van der Waals surface area contributed by atoms with Crippen molar-refractivity contribution in [3.05, 3.63) is 0 Å². The predicted octanol–water partition coefficient (Wildman–Crippen LogP) is 5.28. The molecule has 4 aliphatic carbocycles. The lowest BCUT2D eigenvalue weighted by atomic mass is 9.39. The van der Waals surface area contributed by atoms with E-state index in [1.807, 2.05) is 0 Å². The Balaban J connectivity index is 1.68. The van der Waals surface area contributed by atoms with Crippen LogP contribution in [0.25, 0.3) is 0 Å². The summed E-state index contributed by atoms with van der Waals surface area (Å²) in [5.41, 5.74) is 8.52. The average Bonchev–Trinajstić information content (AvgIpc) is 2.29. The van der Waals surface area contributed by atoms with Crippen LogP contribution in [-0.2, 0) is 0 Å². The normalized spacial score (nSPS) is 47.7. The molecule has 4 bridgehead atoms. The maximum atomic E-state index is 6.77. The van der Waals surface area contributed by atoms with Crippen molar-refractivity contribution >= 4 is 0 Å². The molecule has 20 heavy (non-hydrogen) atoms. The third-order valence-electron chi connectivity index (χ3n) is 6.82. The highest BCUT2D eigenvalue weighted by atomic mass is 14.8. The van der Waals surface area contributed by atoms with E-state index in [-0.39, 0.29) is 0 Å². The van der Waals surface area contributed by atoms with Gasteiger partial charge in [0.1, 0.15) is 0 Å². The third kappa shape index (κ3) is 2.56. The lowest BCUT2D eigenvalue weighted by molar-refractivity contribution is -0.154. The van der Waals surface area contributed by atoms with Gasteiger partial charge in [0, 0.05) is 6.04 Å². The second kappa shape index (κ2) is 5.00. The molecule has 4 saturated carbocycles. The molecule has 0 heterocycles. The van der Waals surface area contributed by atoms with E-state index in [1.165, 1.54) is 70.6 Å². The molecule has 0 aromatic rings. The Morgan fingerprint density at radius 2 is 1.60 bits per heavy atom. The summed E-state index contributed by atoms with van der Waals surface area (Å²) >= 11 is 0. The molecule has 1 heteroatoms. The number of rotatable bonds is 6. The largest absolute Gasteiger partial charge is 0.327 e. The third-order valence-corrected chi connectivity index (χ3v) is 6.82. The summed E-state index contributed by atoms with van der Waals surface area (Å²) in [7, 11) is 0. The maximum absolute atomic E-state index is 6.77. The van der Waals surface area contributed by atoms with E-state index in [2.05, 4.69) is 20.8 Å². The van der Waals surface area contributed by atoms with Gasteiger partial charge in [-0.25, -0.2) is 0 Å². The molecule has 0 aromatic carbocycles. The number of hydrogen-bond acceptors (Lipinski definition) is 1. The second-order valence-electron chi connectivity index (χ2n) is 9.45. The summed E-state index contributed by atoms with van der Waals surface area (Å²) in [6.45, 7) is 7.42. The van der Waals surface area contributed by atoms with E-state index < -0.39 is 0 Å². The lowest BCUT2D eigenvalue weighted by Gasteiger charge is -2.67. The molecule has 116 valence electrons. The molecule has 4 fully saturated rings. The zero-order chi connectivity index (χ0) is 14.4. The Morgan fingerprint density at radius 1 is 0.950 bits per heavy atom. The molecule has 2 N–H and O–H groups in total. The first-order valence-electron chi connectivity index (χ1n) is 9.14. The van der Waals surface area contributed by atoms with E-state index in [9.17, 15) is 0 Å². The average molecular weight is 277 g/mol. The molecular weight excluding hydrogens is 242 g/mol. The fourth-order valence-electron chi connectivity index (χ4n) is 7.05. The van der Waals surface area contributed by atoms with Crippen LogP contribution in [0.15, 0.2) is 0 Å². The molecule has 0 saturated heterocycles. The van der Waals surface area contributed by atoms with Crippen LogP contribution < -0.4 is 5.73 Å². The molecule has 0 spiro atoms. The van der Waals surface area contributed by atoms with Crippen LogP contribution in [0.2, 0.25) is 0 Å². The van der Waals surface area contributed by atoms with Crippen molar-refractivity contribution in [2.45, 2.75) is 97.4 Å². The van der Waals surface area contributed by atoms with E-state index >= 15 is 0 Å². The Kier molecular flexibility index (Phi) is 3.72. The molecule has 1 nitrogen and oxygen atoms in total. The number of unbranched alkanes of at least 4 members (excludes halogenated alkanes) is 3. The molecule has 4 rings (SSSR count). The van der Waals surface area contributed by atoms with Crippen molar-refractivity contribution in [3.63, 3.8) is 0 Å². The number of hydrogen-bond donors (Lipinski definition) is 1. The quantitative estimate of drug-likeness (QED) is 0.657. The van der Waals surface area contributed by atoms with Crippen LogP contribution in [0, 0.1) is 22.2 Å². The van der Waals surface area contributed by atoms with Crippen molar-refractivity contribution in [1.29, 1.82) is 0 Å². The summed E-state index contributed by atoms with van der Waals surface area (Å²) in [4.78, 5) is 0. The smallest absolute Gasteiger partial charge is 0.00960 e. The van der Waals surface area contributed by atoms with Gasteiger partial charge < -0.3 is 5.73 Å². The van der Waals surface area contributed by atoms with Gasteiger partial charge in [-0.05, 0) is 67.1 Å². The Bertz CT molecular complexity index is 343. The molecular formula is C19H35N. The van der Waals surface area contributed by atoms with Gasteiger partial charge in [-0.1, -0.05) is 46.5 Å². The Hall–Kier alpha value is -0.0400. The monoisotopic (exact) mass is 277 g/mol. The first kappa shape index (κ1) is 14.9. The summed E-state index contributed by atoms with van der Waals surface area (Å²) in [5.74, 6) is 0.989. The van der Waals surface area contributed by atoms with Crippen LogP contribution in [0.5, 0.6) is 0 Å². The molecule has 4 aliphatic rings. The van der Waals surface area contributed by atoms with Crippen LogP contribution in [-0.4, -0.2) is 6.04 Å². The summed E-state index contributed by atoms with van der Waals surface area (Å²) in [6.07, 6.45) is 15.5. The molecule has 3 atom stereocenters. The highest BCUT2D eigenvalue weighted by molar-refractivity contribution is 5.12. The highest BCUT2D eigenvalue weighted by Gasteiger charge is 2.61. The summed E-state index contributed by atoms with van der Waals surface area (Å²) in [5, 5.41) is 0. The zero-order valence-corrected chi connectivity index (χ0v) is 14.0. The van der Waals surface area contributed by atoms with Gasteiger partial charge in [0.2, 0.25) is 0 Å². The van der Waals surface area contributed by atoms with Gasteiger partial charge in [0.05, 0.1) is 0 Å². The Labute approximate surface area is 126 Å².